The number of halogens is 1. The average Bonchev–Trinajstić information content (AvgIpc) is 3.12. The molecule has 4 aromatic carbocycles. The molecule has 2 N–H and O–H groups in total. The molecule has 5 rings (SSSR count). The molecule has 0 aliphatic rings. The normalized spacial score (nSPS) is 11.8. The summed E-state index contributed by atoms with van der Waals surface area (Å²) in [5.41, 5.74) is 4.50. The fourth-order valence-corrected chi connectivity index (χ4v) is 5.16. The third-order valence-corrected chi connectivity index (χ3v) is 6.51. The van der Waals surface area contributed by atoms with E-state index in [1.165, 1.54) is 18.2 Å². The van der Waals surface area contributed by atoms with Gasteiger partial charge in [0.15, 0.2) is 0 Å². The molecule has 0 amide bonds. The summed E-state index contributed by atoms with van der Waals surface area (Å²) in [6.07, 6.45) is 0. The van der Waals surface area contributed by atoms with E-state index in [1.54, 1.807) is 18.2 Å². The standard InChI is InChI=1S/C25H19FN2O2S/c26-18-8-5-7-17(15-18)16-31(29,30)28-24-14-4-2-10-20(24)22-12-6-11-21-19-9-1-3-13-23(19)27-25(21)22/h1-15,27-28H,16H2. The van der Waals surface area contributed by atoms with Gasteiger partial charge in [0.2, 0.25) is 10.0 Å². The van der Waals surface area contributed by atoms with Crippen LogP contribution in [0, 0.1) is 5.82 Å². The topological polar surface area (TPSA) is 62.0 Å². The Morgan fingerprint density at radius 3 is 2.35 bits per heavy atom. The van der Waals surface area contributed by atoms with Gasteiger partial charge in [-0.05, 0) is 29.8 Å². The molecular weight excluding hydrogens is 411 g/mol. The van der Waals surface area contributed by atoms with E-state index in [-0.39, 0.29) is 5.75 Å². The van der Waals surface area contributed by atoms with Crippen LogP contribution in [-0.2, 0) is 15.8 Å². The zero-order valence-corrected chi connectivity index (χ0v) is 17.3. The van der Waals surface area contributed by atoms with Crippen LogP contribution in [0.4, 0.5) is 10.1 Å². The molecule has 6 heteroatoms. The SMILES string of the molecule is O=S(=O)(Cc1cccc(F)c1)Nc1ccccc1-c1cccc2c1[nH]c1ccccc12. The first-order valence-electron chi connectivity index (χ1n) is 9.84. The molecule has 0 fully saturated rings. The Kier molecular flexibility index (Phi) is 4.71. The number of hydrogen-bond donors (Lipinski definition) is 2. The summed E-state index contributed by atoms with van der Waals surface area (Å²) in [6, 6.07) is 27.0. The molecule has 1 aromatic heterocycles. The van der Waals surface area contributed by atoms with E-state index in [2.05, 4.69) is 21.8 Å². The number of sulfonamides is 1. The Morgan fingerprint density at radius 1 is 0.774 bits per heavy atom. The van der Waals surface area contributed by atoms with Crippen LogP contribution >= 0.6 is 0 Å². The second-order valence-electron chi connectivity index (χ2n) is 7.44. The quantitative estimate of drug-likeness (QED) is 0.356. The molecule has 5 aromatic rings. The van der Waals surface area contributed by atoms with Gasteiger partial charge in [-0.3, -0.25) is 4.72 Å². The van der Waals surface area contributed by atoms with Gasteiger partial charge in [0.25, 0.3) is 0 Å². The molecule has 0 atom stereocenters. The van der Waals surface area contributed by atoms with Crippen LogP contribution in [0.15, 0.2) is 91.0 Å². The number of para-hydroxylation sites is 3. The van der Waals surface area contributed by atoms with E-state index >= 15 is 0 Å². The highest BCUT2D eigenvalue weighted by Crippen LogP contribution is 2.36. The van der Waals surface area contributed by atoms with E-state index in [0.717, 1.165) is 32.9 Å². The third kappa shape index (κ3) is 3.78. The van der Waals surface area contributed by atoms with Crippen molar-refractivity contribution in [2.45, 2.75) is 5.75 Å². The zero-order chi connectivity index (χ0) is 21.4. The van der Waals surface area contributed by atoms with Gasteiger partial charge in [-0.25, -0.2) is 12.8 Å². The summed E-state index contributed by atoms with van der Waals surface area (Å²) in [7, 11) is -3.74. The number of aromatic nitrogens is 1. The molecule has 4 nitrogen and oxygen atoms in total. The van der Waals surface area contributed by atoms with Crippen LogP contribution in [0.3, 0.4) is 0 Å². The summed E-state index contributed by atoms with van der Waals surface area (Å²) in [6.45, 7) is 0. The van der Waals surface area contributed by atoms with Crippen molar-refractivity contribution in [3.05, 3.63) is 102 Å². The maximum Gasteiger partial charge on any atom is 0.236 e. The Morgan fingerprint density at radius 2 is 1.48 bits per heavy atom. The fraction of sp³-hybridized carbons (Fsp3) is 0.0400. The predicted molar refractivity (Wildman–Crippen MR) is 124 cm³/mol. The third-order valence-electron chi connectivity index (χ3n) is 5.27. The minimum absolute atomic E-state index is 0.310. The van der Waals surface area contributed by atoms with Crippen molar-refractivity contribution in [2.24, 2.45) is 0 Å². The molecule has 0 unspecified atom stereocenters. The predicted octanol–water partition coefficient (Wildman–Crippen LogP) is 6.07. The molecule has 0 saturated carbocycles. The summed E-state index contributed by atoms with van der Waals surface area (Å²) in [4.78, 5) is 3.46. The highest BCUT2D eigenvalue weighted by atomic mass is 32.2. The largest absolute Gasteiger partial charge is 0.354 e. The first-order valence-corrected chi connectivity index (χ1v) is 11.5. The van der Waals surface area contributed by atoms with Gasteiger partial charge in [-0.2, -0.15) is 0 Å². The van der Waals surface area contributed by atoms with Gasteiger partial charge >= 0.3 is 0 Å². The monoisotopic (exact) mass is 430 g/mol. The van der Waals surface area contributed by atoms with Crippen LogP contribution in [0.1, 0.15) is 5.56 Å². The number of anilines is 1. The van der Waals surface area contributed by atoms with Crippen LogP contribution in [-0.4, -0.2) is 13.4 Å². The molecule has 0 aliphatic carbocycles. The van der Waals surface area contributed by atoms with Crippen LogP contribution in [0.2, 0.25) is 0 Å². The van der Waals surface area contributed by atoms with E-state index in [4.69, 9.17) is 0 Å². The van der Waals surface area contributed by atoms with Gasteiger partial charge in [0, 0.05) is 27.4 Å². The van der Waals surface area contributed by atoms with Gasteiger partial charge in [0.1, 0.15) is 5.82 Å². The Labute approximate surface area is 179 Å². The maximum atomic E-state index is 13.5. The molecular formula is C25H19FN2O2S. The van der Waals surface area contributed by atoms with Crippen molar-refractivity contribution < 1.29 is 12.8 Å². The summed E-state index contributed by atoms with van der Waals surface area (Å²) < 4.78 is 41.8. The number of rotatable bonds is 5. The summed E-state index contributed by atoms with van der Waals surface area (Å²) in [5.74, 6) is -0.769. The molecule has 0 spiro atoms. The minimum Gasteiger partial charge on any atom is -0.354 e. The number of benzene rings is 4. The van der Waals surface area contributed by atoms with Crippen molar-refractivity contribution >= 4 is 37.5 Å². The van der Waals surface area contributed by atoms with Gasteiger partial charge in [-0.15, -0.1) is 0 Å². The average molecular weight is 431 g/mol. The number of hydrogen-bond acceptors (Lipinski definition) is 2. The van der Waals surface area contributed by atoms with E-state index in [0.29, 0.717) is 11.3 Å². The molecule has 154 valence electrons. The number of H-pyrrole nitrogens is 1. The van der Waals surface area contributed by atoms with Crippen molar-refractivity contribution in [1.29, 1.82) is 0 Å². The van der Waals surface area contributed by atoms with E-state index in [9.17, 15) is 12.8 Å². The summed E-state index contributed by atoms with van der Waals surface area (Å²) in [5, 5.41) is 2.19. The highest BCUT2D eigenvalue weighted by molar-refractivity contribution is 7.91. The van der Waals surface area contributed by atoms with E-state index in [1.807, 2.05) is 42.5 Å². The van der Waals surface area contributed by atoms with Crippen LogP contribution in [0.5, 0.6) is 0 Å². The summed E-state index contributed by atoms with van der Waals surface area (Å²) >= 11 is 0. The van der Waals surface area contributed by atoms with Gasteiger partial charge < -0.3 is 4.98 Å². The minimum atomic E-state index is -3.74. The molecule has 0 saturated heterocycles. The zero-order valence-electron chi connectivity index (χ0n) is 16.5. The molecule has 31 heavy (non-hydrogen) atoms. The first-order chi connectivity index (χ1) is 15.0. The second-order valence-corrected chi connectivity index (χ2v) is 9.16. The number of fused-ring (bicyclic) bond motifs is 3. The van der Waals surface area contributed by atoms with Gasteiger partial charge in [-0.1, -0.05) is 66.7 Å². The lowest BCUT2D eigenvalue weighted by Crippen LogP contribution is -2.15. The molecule has 0 radical (unpaired) electrons. The lowest BCUT2D eigenvalue weighted by atomic mass is 10.0. The first kappa shape index (κ1) is 19.3. The number of nitrogens with one attached hydrogen (secondary N) is 2. The maximum absolute atomic E-state index is 13.5. The fourth-order valence-electron chi connectivity index (χ4n) is 3.95. The van der Waals surface area contributed by atoms with Crippen LogP contribution in [0.25, 0.3) is 32.9 Å². The van der Waals surface area contributed by atoms with Crippen molar-refractivity contribution in [1.82, 2.24) is 4.98 Å². The number of aromatic amines is 1. The lowest BCUT2D eigenvalue weighted by Gasteiger charge is -2.14. The smallest absolute Gasteiger partial charge is 0.236 e. The highest BCUT2D eigenvalue weighted by Gasteiger charge is 2.17. The van der Waals surface area contributed by atoms with Crippen molar-refractivity contribution in [2.75, 3.05) is 4.72 Å². The molecule has 0 bridgehead atoms. The van der Waals surface area contributed by atoms with E-state index < -0.39 is 15.8 Å². The molecule has 0 aliphatic heterocycles. The Bertz CT molecular complexity index is 1520. The van der Waals surface area contributed by atoms with Crippen molar-refractivity contribution in [3.8, 4) is 11.1 Å². The van der Waals surface area contributed by atoms with Gasteiger partial charge in [0.05, 0.1) is 17.0 Å². The second kappa shape index (κ2) is 7.56. The lowest BCUT2D eigenvalue weighted by molar-refractivity contribution is 0.599. The van der Waals surface area contributed by atoms with Crippen molar-refractivity contribution in [3.63, 3.8) is 0 Å². The Hall–Kier alpha value is -3.64. The van der Waals surface area contributed by atoms with Crippen LogP contribution < -0.4 is 4.72 Å². The Balaban J connectivity index is 1.57. The molecule has 1 heterocycles.